The molecule has 0 aliphatic rings. The van der Waals surface area contributed by atoms with Gasteiger partial charge in [-0.05, 0) is 44.0 Å². The molecule has 0 aliphatic heterocycles. The molecule has 2 rings (SSSR count). The summed E-state index contributed by atoms with van der Waals surface area (Å²) in [7, 11) is 1.76. The van der Waals surface area contributed by atoms with Gasteiger partial charge in [-0.25, -0.2) is 4.39 Å². The van der Waals surface area contributed by atoms with E-state index in [1.54, 1.807) is 29.3 Å². The van der Waals surface area contributed by atoms with Crippen molar-refractivity contribution in [2.45, 2.75) is 32.4 Å². The van der Waals surface area contributed by atoms with Crippen molar-refractivity contribution >= 4 is 11.4 Å². The van der Waals surface area contributed by atoms with Gasteiger partial charge in [0.25, 0.3) is 0 Å². The molecule has 0 aliphatic carbocycles. The minimum absolute atomic E-state index is 0.0322. The molecule has 2 aromatic heterocycles. The van der Waals surface area contributed by atoms with Crippen LogP contribution in [0, 0.1) is 5.82 Å². The third kappa shape index (κ3) is 2.82. The number of carbonyl (C=O) groups excluding carboxylic acids is 1. The molecule has 1 amide bonds. The van der Waals surface area contributed by atoms with Crippen LogP contribution in [0.5, 0.6) is 0 Å². The highest BCUT2D eigenvalue weighted by molar-refractivity contribution is 5.81. The third-order valence-electron chi connectivity index (χ3n) is 3.62. The minimum Gasteiger partial charge on any atom is -0.341 e. The fraction of sp³-hybridized carbons (Fsp3) is 0.400. The Bertz CT molecular complexity index is 621. The highest BCUT2D eigenvalue weighted by Crippen LogP contribution is 2.17. The predicted octanol–water partition coefficient (Wildman–Crippen LogP) is 1.81. The molecule has 5 heteroatoms. The number of pyridine rings is 1. The number of aromatic nitrogens is 1. The van der Waals surface area contributed by atoms with E-state index in [0.717, 1.165) is 11.1 Å². The zero-order valence-electron chi connectivity index (χ0n) is 12.0. The van der Waals surface area contributed by atoms with E-state index in [4.69, 9.17) is 5.73 Å². The summed E-state index contributed by atoms with van der Waals surface area (Å²) in [5.74, 6) is -0.344. The number of rotatable bonds is 4. The Balaban J connectivity index is 2.18. The number of likely N-dealkylation sites (N-methyl/N-ethyl adjacent to an activating group) is 1. The zero-order chi connectivity index (χ0) is 14.9. The quantitative estimate of drug-likeness (QED) is 0.926. The Hall–Kier alpha value is -1.88. The van der Waals surface area contributed by atoms with E-state index < -0.39 is 6.04 Å². The van der Waals surface area contributed by atoms with Gasteiger partial charge in [-0.1, -0.05) is 0 Å². The van der Waals surface area contributed by atoms with E-state index in [1.165, 1.54) is 12.3 Å². The molecular weight excluding hydrogens is 257 g/mol. The predicted molar refractivity (Wildman–Crippen MR) is 76.9 cm³/mol. The number of carbonyl (C=O) groups is 1. The summed E-state index contributed by atoms with van der Waals surface area (Å²) in [6, 6.07) is 4.69. The summed E-state index contributed by atoms with van der Waals surface area (Å²) in [5.41, 5.74) is 7.66. The second-order valence-electron chi connectivity index (χ2n) is 5.27. The monoisotopic (exact) mass is 277 g/mol. The van der Waals surface area contributed by atoms with Gasteiger partial charge in [0, 0.05) is 31.0 Å². The van der Waals surface area contributed by atoms with Gasteiger partial charge >= 0.3 is 0 Å². The number of hydrogen-bond acceptors (Lipinski definition) is 2. The van der Waals surface area contributed by atoms with Crippen LogP contribution >= 0.6 is 0 Å². The summed E-state index contributed by atoms with van der Waals surface area (Å²) in [4.78, 5) is 13.5. The zero-order valence-corrected chi connectivity index (χ0v) is 12.0. The Labute approximate surface area is 118 Å². The molecule has 0 spiro atoms. The highest BCUT2D eigenvalue weighted by atomic mass is 19.1. The van der Waals surface area contributed by atoms with Crippen molar-refractivity contribution < 1.29 is 9.18 Å². The topological polar surface area (TPSA) is 50.7 Å². The molecule has 0 saturated carbocycles. The van der Waals surface area contributed by atoms with Crippen molar-refractivity contribution in [1.82, 2.24) is 9.30 Å². The van der Waals surface area contributed by atoms with Crippen LogP contribution in [0.1, 0.15) is 19.4 Å². The Morgan fingerprint density at radius 1 is 1.40 bits per heavy atom. The van der Waals surface area contributed by atoms with E-state index in [1.807, 2.05) is 19.2 Å². The van der Waals surface area contributed by atoms with Gasteiger partial charge in [0.2, 0.25) is 5.91 Å². The van der Waals surface area contributed by atoms with Crippen molar-refractivity contribution in [3.05, 3.63) is 42.0 Å². The number of nitrogens with zero attached hydrogens (tertiary/aromatic N) is 2. The van der Waals surface area contributed by atoms with Crippen LogP contribution in [0.4, 0.5) is 4.39 Å². The van der Waals surface area contributed by atoms with E-state index in [2.05, 4.69) is 0 Å². The molecule has 1 unspecified atom stereocenters. The second-order valence-corrected chi connectivity index (χ2v) is 5.27. The number of fused-ring (bicyclic) bond motifs is 1. The molecule has 4 nitrogen and oxygen atoms in total. The maximum atomic E-state index is 13.1. The normalized spacial score (nSPS) is 14.2. The van der Waals surface area contributed by atoms with Crippen LogP contribution in [0.2, 0.25) is 0 Å². The first kappa shape index (κ1) is 14.5. The van der Waals surface area contributed by atoms with Crippen LogP contribution in [0.15, 0.2) is 30.6 Å². The Morgan fingerprint density at radius 3 is 2.75 bits per heavy atom. The van der Waals surface area contributed by atoms with Crippen LogP contribution in [0.3, 0.4) is 0 Å². The van der Waals surface area contributed by atoms with Crippen molar-refractivity contribution in [3.63, 3.8) is 0 Å². The van der Waals surface area contributed by atoms with Gasteiger partial charge in [-0.2, -0.15) is 0 Å². The molecule has 0 aromatic carbocycles. The minimum atomic E-state index is -0.498. The van der Waals surface area contributed by atoms with Crippen LogP contribution < -0.4 is 5.73 Å². The van der Waals surface area contributed by atoms with Crippen molar-refractivity contribution in [2.75, 3.05) is 7.05 Å². The lowest BCUT2D eigenvalue weighted by molar-refractivity contribution is -0.132. The van der Waals surface area contributed by atoms with Gasteiger partial charge < -0.3 is 15.0 Å². The average Bonchev–Trinajstić information content (AvgIpc) is 2.79. The average molecular weight is 277 g/mol. The van der Waals surface area contributed by atoms with Crippen molar-refractivity contribution in [3.8, 4) is 0 Å². The lowest BCUT2D eigenvalue weighted by Crippen LogP contribution is -2.44. The third-order valence-corrected chi connectivity index (χ3v) is 3.62. The van der Waals surface area contributed by atoms with E-state index in [9.17, 15) is 9.18 Å². The first-order chi connectivity index (χ1) is 9.40. The highest BCUT2D eigenvalue weighted by Gasteiger charge is 2.19. The van der Waals surface area contributed by atoms with Gasteiger partial charge in [0.1, 0.15) is 5.82 Å². The van der Waals surface area contributed by atoms with E-state index in [-0.39, 0.29) is 17.8 Å². The van der Waals surface area contributed by atoms with Crippen molar-refractivity contribution in [1.29, 1.82) is 0 Å². The molecule has 0 fully saturated rings. The van der Waals surface area contributed by atoms with Gasteiger partial charge in [-0.15, -0.1) is 0 Å². The Kier molecular flexibility index (Phi) is 4.09. The molecule has 2 atom stereocenters. The summed E-state index contributed by atoms with van der Waals surface area (Å²) in [6.07, 6.45) is 3.98. The summed E-state index contributed by atoms with van der Waals surface area (Å²) in [6.45, 7) is 3.66. The second kappa shape index (κ2) is 5.63. The van der Waals surface area contributed by atoms with Crippen molar-refractivity contribution in [2.24, 2.45) is 5.73 Å². The number of amides is 1. The van der Waals surface area contributed by atoms with Crippen LogP contribution in [0.25, 0.3) is 5.52 Å². The number of nitrogens with two attached hydrogens (primary N) is 1. The Morgan fingerprint density at radius 2 is 2.10 bits per heavy atom. The van der Waals surface area contributed by atoms with Gasteiger partial charge in [0.05, 0.1) is 6.04 Å². The maximum absolute atomic E-state index is 13.1. The van der Waals surface area contributed by atoms with E-state index >= 15 is 0 Å². The fourth-order valence-corrected chi connectivity index (χ4v) is 2.31. The van der Waals surface area contributed by atoms with E-state index in [0.29, 0.717) is 6.42 Å². The molecule has 2 N–H and O–H groups in total. The standard InChI is InChI=1S/C15H20FN3O/c1-10(18(3)15(20)11(2)17)8-12-6-7-19-9-13(16)4-5-14(12)19/h4-7,9-11H,8,17H2,1-3H3/t10?,11-/m0/s1. The fourth-order valence-electron chi connectivity index (χ4n) is 2.31. The summed E-state index contributed by atoms with van der Waals surface area (Å²) < 4.78 is 14.9. The molecule has 0 radical (unpaired) electrons. The van der Waals surface area contributed by atoms with Crippen LogP contribution in [-0.2, 0) is 11.2 Å². The summed E-state index contributed by atoms with van der Waals surface area (Å²) in [5, 5.41) is 0. The maximum Gasteiger partial charge on any atom is 0.239 e. The molecular formula is C15H20FN3O. The first-order valence-corrected chi connectivity index (χ1v) is 6.67. The molecule has 108 valence electrons. The lowest BCUT2D eigenvalue weighted by Gasteiger charge is -2.26. The number of halogens is 1. The SMILES string of the molecule is CC(Cc1ccn2cc(F)ccc12)N(C)C(=O)[C@H](C)N. The number of hydrogen-bond donors (Lipinski definition) is 1. The molecule has 0 saturated heterocycles. The summed E-state index contributed by atoms with van der Waals surface area (Å²) >= 11 is 0. The molecule has 20 heavy (non-hydrogen) atoms. The smallest absolute Gasteiger partial charge is 0.239 e. The lowest BCUT2D eigenvalue weighted by atomic mass is 10.1. The largest absolute Gasteiger partial charge is 0.341 e. The van der Waals surface area contributed by atoms with Gasteiger partial charge in [0.15, 0.2) is 0 Å². The molecule has 2 aromatic rings. The molecule has 0 bridgehead atoms. The molecule has 2 heterocycles. The first-order valence-electron chi connectivity index (χ1n) is 6.67. The van der Waals surface area contributed by atoms with Crippen LogP contribution in [-0.4, -0.2) is 34.3 Å². The van der Waals surface area contributed by atoms with Gasteiger partial charge in [-0.3, -0.25) is 4.79 Å².